The molecule has 14 heavy (non-hydrogen) atoms. The second kappa shape index (κ2) is 8.25. The molecule has 80 valence electrons. The Morgan fingerprint density at radius 1 is 1.50 bits per heavy atom. The van der Waals surface area contributed by atoms with Gasteiger partial charge in [0.05, 0.1) is 6.61 Å². The Morgan fingerprint density at radius 2 is 2.21 bits per heavy atom. The minimum absolute atomic E-state index is 0.0798. The molecule has 0 rings (SSSR count). The number of hydrogen-bond acceptors (Lipinski definition) is 3. The molecule has 0 spiro atoms. The van der Waals surface area contributed by atoms with Gasteiger partial charge in [0.2, 0.25) is 5.91 Å². The number of aliphatic carboxylic acids is 1. The van der Waals surface area contributed by atoms with Crippen LogP contribution in [0.1, 0.15) is 12.8 Å². The van der Waals surface area contributed by atoms with Gasteiger partial charge in [-0.2, -0.15) is 0 Å². The van der Waals surface area contributed by atoms with E-state index in [2.05, 4.69) is 11.9 Å². The van der Waals surface area contributed by atoms with E-state index in [1.807, 2.05) is 0 Å². The van der Waals surface area contributed by atoms with Gasteiger partial charge in [-0.25, -0.2) is 4.79 Å². The van der Waals surface area contributed by atoms with Crippen LogP contribution in [0.5, 0.6) is 0 Å². The van der Waals surface area contributed by atoms with Crippen molar-refractivity contribution in [1.82, 2.24) is 5.32 Å². The maximum absolute atomic E-state index is 11.0. The lowest BCUT2D eigenvalue weighted by Gasteiger charge is -2.03. The molecule has 0 saturated carbocycles. The van der Waals surface area contributed by atoms with Crippen LogP contribution in [-0.4, -0.2) is 36.7 Å². The van der Waals surface area contributed by atoms with Gasteiger partial charge in [-0.15, -0.1) is 6.58 Å². The molecular formula is C9H15NO4. The molecular weight excluding hydrogens is 186 g/mol. The number of rotatable bonds is 8. The number of carbonyl (C=O) groups is 2. The van der Waals surface area contributed by atoms with Crippen molar-refractivity contribution in [3.05, 3.63) is 12.7 Å². The average molecular weight is 201 g/mol. The summed E-state index contributed by atoms with van der Waals surface area (Å²) in [5, 5.41) is 10.8. The topological polar surface area (TPSA) is 75.6 Å². The van der Waals surface area contributed by atoms with E-state index in [0.717, 1.165) is 0 Å². The summed E-state index contributed by atoms with van der Waals surface area (Å²) in [6.45, 7) is 3.71. The first kappa shape index (κ1) is 12.6. The van der Waals surface area contributed by atoms with Gasteiger partial charge in [0.25, 0.3) is 0 Å². The van der Waals surface area contributed by atoms with Gasteiger partial charge >= 0.3 is 5.97 Å². The van der Waals surface area contributed by atoms with Gasteiger partial charge in [0.1, 0.15) is 6.61 Å². The third kappa shape index (κ3) is 8.73. The van der Waals surface area contributed by atoms with Crippen LogP contribution in [0.4, 0.5) is 0 Å². The lowest BCUT2D eigenvalue weighted by molar-refractivity contribution is -0.142. The molecule has 0 bridgehead atoms. The summed E-state index contributed by atoms with van der Waals surface area (Å²) >= 11 is 0. The van der Waals surface area contributed by atoms with E-state index in [1.54, 1.807) is 6.08 Å². The summed E-state index contributed by atoms with van der Waals surface area (Å²) in [7, 11) is 0. The number of carbonyl (C=O) groups excluding carboxylic acids is 1. The van der Waals surface area contributed by atoms with Gasteiger partial charge in [-0.1, -0.05) is 6.08 Å². The van der Waals surface area contributed by atoms with Gasteiger partial charge in [0.15, 0.2) is 0 Å². The van der Waals surface area contributed by atoms with Crippen molar-refractivity contribution in [3.63, 3.8) is 0 Å². The molecule has 0 aliphatic heterocycles. The second-order valence-electron chi connectivity index (χ2n) is 2.62. The Balaban J connectivity index is 3.22. The number of amides is 1. The molecule has 0 atom stereocenters. The number of carboxylic acids is 1. The Hall–Kier alpha value is -1.36. The number of ether oxygens (including phenoxy) is 1. The van der Waals surface area contributed by atoms with Crippen molar-refractivity contribution in [2.24, 2.45) is 0 Å². The van der Waals surface area contributed by atoms with E-state index in [1.165, 1.54) is 0 Å². The maximum Gasteiger partial charge on any atom is 0.329 e. The molecule has 0 aromatic rings. The van der Waals surface area contributed by atoms with Gasteiger partial charge in [-0.05, 0) is 6.42 Å². The summed E-state index contributed by atoms with van der Waals surface area (Å²) in [5.74, 6) is -1.09. The lowest BCUT2D eigenvalue weighted by atomic mass is 10.3. The number of nitrogens with one attached hydrogen (secondary N) is 1. The standard InChI is InChI=1S/C9H15NO4/c1-2-3-4-8(11)10-5-6-14-7-9(12)13/h2H,1,3-7H2,(H,10,11)(H,12,13). The first-order valence-electron chi connectivity index (χ1n) is 4.34. The Kier molecular flexibility index (Phi) is 7.45. The fourth-order valence-electron chi connectivity index (χ4n) is 0.744. The van der Waals surface area contributed by atoms with E-state index in [-0.39, 0.29) is 19.1 Å². The molecule has 0 unspecified atom stereocenters. The molecule has 1 amide bonds. The highest BCUT2D eigenvalue weighted by Crippen LogP contribution is 1.87. The highest BCUT2D eigenvalue weighted by molar-refractivity contribution is 5.75. The zero-order chi connectivity index (χ0) is 10.8. The zero-order valence-corrected chi connectivity index (χ0v) is 7.99. The van der Waals surface area contributed by atoms with Crippen LogP contribution in [0.2, 0.25) is 0 Å². The molecule has 0 saturated heterocycles. The van der Waals surface area contributed by atoms with Crippen molar-refractivity contribution in [1.29, 1.82) is 0 Å². The van der Waals surface area contributed by atoms with Crippen LogP contribution in [0, 0.1) is 0 Å². The molecule has 0 heterocycles. The fourth-order valence-corrected chi connectivity index (χ4v) is 0.744. The largest absolute Gasteiger partial charge is 0.480 e. The summed E-state index contributed by atoms with van der Waals surface area (Å²) in [6.07, 6.45) is 2.71. The SMILES string of the molecule is C=CCCC(=O)NCCOCC(=O)O. The van der Waals surface area contributed by atoms with Crippen molar-refractivity contribution >= 4 is 11.9 Å². The van der Waals surface area contributed by atoms with Gasteiger partial charge in [-0.3, -0.25) is 4.79 Å². The minimum atomic E-state index is -1.01. The van der Waals surface area contributed by atoms with Gasteiger partial charge in [0, 0.05) is 13.0 Å². The van der Waals surface area contributed by atoms with Crippen molar-refractivity contribution < 1.29 is 19.4 Å². The van der Waals surface area contributed by atoms with Crippen LogP contribution in [-0.2, 0) is 14.3 Å². The van der Waals surface area contributed by atoms with Crippen LogP contribution >= 0.6 is 0 Å². The molecule has 0 aliphatic carbocycles. The number of hydrogen-bond donors (Lipinski definition) is 2. The smallest absolute Gasteiger partial charge is 0.329 e. The second-order valence-corrected chi connectivity index (χ2v) is 2.62. The molecule has 0 aliphatic rings. The maximum atomic E-state index is 11.0. The summed E-state index contributed by atoms with van der Waals surface area (Å²) in [4.78, 5) is 21.0. The van der Waals surface area contributed by atoms with E-state index < -0.39 is 5.97 Å². The van der Waals surface area contributed by atoms with Crippen LogP contribution in [0.3, 0.4) is 0 Å². The molecule has 5 heteroatoms. The first-order valence-corrected chi connectivity index (χ1v) is 4.34. The molecule has 5 nitrogen and oxygen atoms in total. The normalized spacial score (nSPS) is 9.43. The molecule has 0 radical (unpaired) electrons. The summed E-state index contributed by atoms with van der Waals surface area (Å²) < 4.78 is 4.72. The lowest BCUT2D eigenvalue weighted by Crippen LogP contribution is -2.27. The van der Waals surface area contributed by atoms with E-state index in [4.69, 9.17) is 9.84 Å². The minimum Gasteiger partial charge on any atom is -0.480 e. The van der Waals surface area contributed by atoms with E-state index >= 15 is 0 Å². The van der Waals surface area contributed by atoms with Crippen LogP contribution in [0.25, 0.3) is 0 Å². The average Bonchev–Trinajstić information content (AvgIpc) is 2.13. The van der Waals surface area contributed by atoms with Crippen molar-refractivity contribution in [2.45, 2.75) is 12.8 Å². The number of carboxylic acid groups (broad SMARTS) is 1. The van der Waals surface area contributed by atoms with Crippen molar-refractivity contribution in [3.8, 4) is 0 Å². The first-order chi connectivity index (χ1) is 6.66. The highest BCUT2D eigenvalue weighted by atomic mass is 16.5. The molecule has 0 fully saturated rings. The Morgan fingerprint density at radius 3 is 2.79 bits per heavy atom. The van der Waals surface area contributed by atoms with Crippen molar-refractivity contribution in [2.75, 3.05) is 19.8 Å². The quantitative estimate of drug-likeness (QED) is 0.433. The van der Waals surface area contributed by atoms with E-state index in [0.29, 0.717) is 19.4 Å². The highest BCUT2D eigenvalue weighted by Gasteiger charge is 1.99. The summed E-state index contributed by atoms with van der Waals surface area (Å²) in [5.41, 5.74) is 0. The zero-order valence-electron chi connectivity index (χ0n) is 7.99. The van der Waals surface area contributed by atoms with Crippen LogP contribution in [0.15, 0.2) is 12.7 Å². The monoisotopic (exact) mass is 201 g/mol. The van der Waals surface area contributed by atoms with E-state index in [9.17, 15) is 9.59 Å². The predicted octanol–water partition coefficient (Wildman–Crippen LogP) is 0.170. The Bertz CT molecular complexity index is 203. The number of allylic oxidation sites excluding steroid dienone is 1. The molecule has 0 aromatic carbocycles. The Labute approximate surface area is 82.7 Å². The third-order valence-electron chi connectivity index (χ3n) is 1.37. The summed E-state index contributed by atoms with van der Waals surface area (Å²) in [6, 6.07) is 0. The molecule has 2 N–H and O–H groups in total. The molecule has 0 aromatic heterocycles. The van der Waals surface area contributed by atoms with Crippen LogP contribution < -0.4 is 5.32 Å². The third-order valence-corrected chi connectivity index (χ3v) is 1.37. The predicted molar refractivity (Wildman–Crippen MR) is 50.9 cm³/mol. The fraction of sp³-hybridized carbons (Fsp3) is 0.556. The van der Waals surface area contributed by atoms with Gasteiger partial charge < -0.3 is 15.2 Å².